The minimum absolute atomic E-state index is 0.0118. The summed E-state index contributed by atoms with van der Waals surface area (Å²) in [6.45, 7) is 2.96. The monoisotopic (exact) mass is 282 g/mol. The SMILES string of the molecule is CC1(O)CCN(c2nc3sccn3c2[N+](=O)[O-])CC1. The van der Waals surface area contributed by atoms with Crippen LogP contribution in [-0.4, -0.2) is 38.1 Å². The number of hydrogen-bond acceptors (Lipinski definition) is 6. The number of nitrogens with zero attached hydrogens (tertiary/aromatic N) is 4. The zero-order valence-corrected chi connectivity index (χ0v) is 11.3. The highest BCUT2D eigenvalue weighted by Crippen LogP contribution is 2.34. The first-order chi connectivity index (χ1) is 8.98. The fraction of sp³-hybridized carbons (Fsp3) is 0.545. The van der Waals surface area contributed by atoms with Crippen LogP contribution in [0.4, 0.5) is 11.6 Å². The molecule has 8 heteroatoms. The van der Waals surface area contributed by atoms with Gasteiger partial charge in [-0.3, -0.25) is 0 Å². The third kappa shape index (κ3) is 2.06. The number of aliphatic hydroxyl groups is 1. The van der Waals surface area contributed by atoms with Crippen LogP contribution < -0.4 is 4.90 Å². The lowest BCUT2D eigenvalue weighted by Gasteiger charge is -2.35. The van der Waals surface area contributed by atoms with E-state index in [9.17, 15) is 15.2 Å². The Balaban J connectivity index is 1.99. The summed E-state index contributed by atoms with van der Waals surface area (Å²) >= 11 is 1.37. The zero-order chi connectivity index (χ0) is 13.6. The predicted octanol–water partition coefficient (Wildman–Crippen LogP) is 1.66. The van der Waals surface area contributed by atoms with Crippen molar-refractivity contribution in [3.8, 4) is 0 Å². The third-order valence-electron chi connectivity index (χ3n) is 3.53. The van der Waals surface area contributed by atoms with Gasteiger partial charge in [0.25, 0.3) is 4.96 Å². The maximum absolute atomic E-state index is 11.2. The Labute approximate surface area is 113 Å². The van der Waals surface area contributed by atoms with Crippen LogP contribution in [0.15, 0.2) is 11.6 Å². The number of imidazole rings is 1. The lowest BCUT2D eigenvalue weighted by atomic mass is 9.94. The van der Waals surface area contributed by atoms with E-state index in [4.69, 9.17) is 0 Å². The smallest absolute Gasteiger partial charge is 0.373 e. The molecule has 1 fully saturated rings. The molecule has 2 aromatic heterocycles. The van der Waals surface area contributed by atoms with E-state index >= 15 is 0 Å². The first-order valence-electron chi connectivity index (χ1n) is 6.05. The van der Waals surface area contributed by atoms with Gasteiger partial charge in [-0.1, -0.05) is 11.3 Å². The summed E-state index contributed by atoms with van der Waals surface area (Å²) in [4.78, 5) is 17.7. The molecule has 0 saturated carbocycles. The Morgan fingerprint density at radius 2 is 2.21 bits per heavy atom. The molecule has 0 bridgehead atoms. The predicted molar refractivity (Wildman–Crippen MR) is 71.8 cm³/mol. The summed E-state index contributed by atoms with van der Waals surface area (Å²) in [6, 6.07) is 0. The minimum Gasteiger partial charge on any atom is -0.390 e. The van der Waals surface area contributed by atoms with Crippen LogP contribution in [-0.2, 0) is 0 Å². The van der Waals surface area contributed by atoms with Crippen molar-refractivity contribution >= 4 is 27.9 Å². The van der Waals surface area contributed by atoms with Crippen LogP contribution in [0.3, 0.4) is 0 Å². The van der Waals surface area contributed by atoms with Crippen molar-refractivity contribution in [3.05, 3.63) is 21.7 Å². The van der Waals surface area contributed by atoms with Crippen LogP contribution in [0.1, 0.15) is 19.8 Å². The van der Waals surface area contributed by atoms with Gasteiger partial charge >= 0.3 is 5.82 Å². The lowest BCUT2D eigenvalue weighted by molar-refractivity contribution is -0.389. The molecule has 0 atom stereocenters. The number of rotatable bonds is 2. The Kier molecular flexibility index (Phi) is 2.72. The van der Waals surface area contributed by atoms with Gasteiger partial charge < -0.3 is 20.1 Å². The molecule has 7 nitrogen and oxygen atoms in total. The van der Waals surface area contributed by atoms with Gasteiger partial charge in [-0.25, -0.2) is 0 Å². The Morgan fingerprint density at radius 1 is 1.53 bits per heavy atom. The van der Waals surface area contributed by atoms with Crippen LogP contribution in [0, 0.1) is 10.1 Å². The fourth-order valence-corrected chi connectivity index (χ4v) is 3.05. The largest absolute Gasteiger partial charge is 0.390 e. The van der Waals surface area contributed by atoms with E-state index in [1.807, 2.05) is 4.90 Å². The van der Waals surface area contributed by atoms with Crippen molar-refractivity contribution in [2.24, 2.45) is 0 Å². The molecule has 0 unspecified atom stereocenters. The number of thiazole rings is 1. The molecule has 2 aromatic rings. The van der Waals surface area contributed by atoms with E-state index < -0.39 is 10.5 Å². The van der Waals surface area contributed by atoms with Crippen molar-refractivity contribution in [3.63, 3.8) is 0 Å². The van der Waals surface area contributed by atoms with Gasteiger partial charge in [-0.15, -0.1) is 0 Å². The quantitative estimate of drug-likeness (QED) is 0.669. The van der Waals surface area contributed by atoms with Gasteiger partial charge in [0.2, 0.25) is 5.82 Å². The number of piperidine rings is 1. The van der Waals surface area contributed by atoms with Crippen molar-refractivity contribution in [1.82, 2.24) is 9.38 Å². The van der Waals surface area contributed by atoms with Crippen molar-refractivity contribution in [2.45, 2.75) is 25.4 Å². The second-order valence-electron chi connectivity index (χ2n) is 5.06. The van der Waals surface area contributed by atoms with E-state index in [1.165, 1.54) is 15.7 Å². The van der Waals surface area contributed by atoms with E-state index in [-0.39, 0.29) is 5.82 Å². The Morgan fingerprint density at radius 3 is 2.84 bits per heavy atom. The molecule has 1 N–H and O–H groups in total. The molecule has 0 aromatic carbocycles. The standard InChI is InChI=1S/C11H14N4O3S/c1-11(16)2-4-13(5-3-11)8-9(15(17)18)14-6-7-19-10(14)12-8/h6-7,16H,2-5H2,1H3. The van der Waals surface area contributed by atoms with Crippen LogP contribution >= 0.6 is 11.3 Å². The molecule has 1 aliphatic heterocycles. The molecule has 0 spiro atoms. The highest BCUT2D eigenvalue weighted by molar-refractivity contribution is 7.15. The Hall–Kier alpha value is -1.67. The summed E-state index contributed by atoms with van der Waals surface area (Å²) in [5.41, 5.74) is -0.678. The highest BCUT2D eigenvalue weighted by atomic mass is 32.1. The van der Waals surface area contributed by atoms with E-state index in [1.54, 1.807) is 18.5 Å². The summed E-state index contributed by atoms with van der Waals surface area (Å²) in [7, 11) is 0. The molecule has 1 aliphatic rings. The average Bonchev–Trinajstić information content (AvgIpc) is 2.87. The van der Waals surface area contributed by atoms with Crippen LogP contribution in [0.2, 0.25) is 0 Å². The normalized spacial score (nSPS) is 18.9. The van der Waals surface area contributed by atoms with Crippen molar-refractivity contribution < 1.29 is 10.0 Å². The van der Waals surface area contributed by atoms with Gasteiger partial charge in [0.15, 0.2) is 0 Å². The summed E-state index contributed by atoms with van der Waals surface area (Å²) in [6.07, 6.45) is 2.85. The number of aromatic nitrogens is 2. The first kappa shape index (κ1) is 12.4. The van der Waals surface area contributed by atoms with Crippen molar-refractivity contribution in [2.75, 3.05) is 18.0 Å². The van der Waals surface area contributed by atoms with Gasteiger partial charge in [-0.2, -0.15) is 9.38 Å². The summed E-state index contributed by atoms with van der Waals surface area (Å²) < 4.78 is 1.51. The minimum atomic E-state index is -0.678. The lowest BCUT2D eigenvalue weighted by Crippen LogP contribution is -2.42. The van der Waals surface area contributed by atoms with E-state index in [0.717, 1.165) is 0 Å². The highest BCUT2D eigenvalue weighted by Gasteiger charge is 2.33. The molecule has 0 aliphatic carbocycles. The molecule has 0 amide bonds. The van der Waals surface area contributed by atoms with Crippen LogP contribution in [0.5, 0.6) is 0 Å². The van der Waals surface area contributed by atoms with Gasteiger partial charge in [-0.05, 0) is 24.7 Å². The second-order valence-corrected chi connectivity index (χ2v) is 5.93. The molecule has 1 saturated heterocycles. The van der Waals surface area contributed by atoms with Gasteiger partial charge in [0.1, 0.15) is 6.20 Å². The van der Waals surface area contributed by atoms with Gasteiger partial charge in [0, 0.05) is 18.5 Å². The maximum atomic E-state index is 11.2. The molecule has 19 heavy (non-hydrogen) atoms. The molecule has 3 rings (SSSR count). The number of nitro groups is 1. The maximum Gasteiger partial charge on any atom is 0.373 e. The van der Waals surface area contributed by atoms with Crippen LogP contribution in [0.25, 0.3) is 4.96 Å². The Bertz CT molecular complexity index is 623. The first-order valence-corrected chi connectivity index (χ1v) is 6.93. The molecule has 102 valence electrons. The number of hydrogen-bond donors (Lipinski definition) is 1. The average molecular weight is 282 g/mol. The molecule has 0 radical (unpaired) electrons. The zero-order valence-electron chi connectivity index (χ0n) is 10.4. The molecular formula is C11H14N4O3S. The second kappa shape index (κ2) is 4.17. The fourth-order valence-electron chi connectivity index (χ4n) is 2.34. The number of anilines is 1. The number of fused-ring (bicyclic) bond motifs is 1. The van der Waals surface area contributed by atoms with E-state index in [2.05, 4.69) is 4.98 Å². The van der Waals surface area contributed by atoms with Gasteiger partial charge in [0.05, 0.1) is 5.60 Å². The topological polar surface area (TPSA) is 83.9 Å². The van der Waals surface area contributed by atoms with Crippen molar-refractivity contribution in [1.29, 1.82) is 0 Å². The molecule has 3 heterocycles. The third-order valence-corrected chi connectivity index (χ3v) is 4.29. The summed E-state index contributed by atoms with van der Waals surface area (Å²) in [5, 5.41) is 22.9. The molecular weight excluding hydrogens is 268 g/mol. The summed E-state index contributed by atoms with van der Waals surface area (Å²) in [5.74, 6) is 0.421. The van der Waals surface area contributed by atoms with E-state index in [0.29, 0.717) is 36.7 Å².